The number of hydrogen-bond acceptors (Lipinski definition) is 7. The molecule has 0 bridgehead atoms. The Balaban J connectivity index is 1.37. The van der Waals surface area contributed by atoms with Crippen molar-refractivity contribution in [1.82, 2.24) is 29.9 Å². The van der Waals surface area contributed by atoms with Crippen molar-refractivity contribution in [2.75, 3.05) is 11.9 Å². The smallest absolute Gasteiger partial charge is 0.227 e. The van der Waals surface area contributed by atoms with E-state index in [-0.39, 0.29) is 5.82 Å². The van der Waals surface area contributed by atoms with Gasteiger partial charge >= 0.3 is 0 Å². The average molecular weight is 432 g/mol. The van der Waals surface area contributed by atoms with Crippen LogP contribution in [0, 0.1) is 5.82 Å². The Morgan fingerprint density at radius 2 is 2.04 bits per heavy atom. The summed E-state index contributed by atoms with van der Waals surface area (Å²) in [6, 6.07) is 5.98. The van der Waals surface area contributed by atoms with Crippen LogP contribution in [0.25, 0.3) is 22.4 Å². The Bertz CT molecular complexity index is 1080. The van der Waals surface area contributed by atoms with Crippen LogP contribution in [0.2, 0.25) is 0 Å². The third-order valence-electron chi connectivity index (χ3n) is 4.01. The van der Waals surface area contributed by atoms with Gasteiger partial charge in [-0.15, -0.1) is 0 Å². The molecule has 0 unspecified atom stereocenters. The topological polar surface area (TPSA) is 94.6 Å². The SMILES string of the molecule is Cn1nc(Br)c2c(NCCCc3nc(-c4ccc(F)cc4)no3)ncnc21. The fourth-order valence-corrected chi connectivity index (χ4v) is 3.30. The molecule has 3 heterocycles. The standard InChI is InChI=1S/C17H15BrFN7O/c1-26-17-13(14(18)24-26)16(21-9-22-17)20-8-2-3-12-23-15(25-27-12)10-4-6-11(19)7-5-10/h4-7,9H,2-3,8H2,1H3,(H,20,21,22). The van der Waals surface area contributed by atoms with Crippen molar-refractivity contribution in [1.29, 1.82) is 0 Å². The molecule has 3 aromatic heterocycles. The minimum Gasteiger partial charge on any atom is -0.369 e. The Morgan fingerprint density at radius 1 is 1.22 bits per heavy atom. The molecule has 10 heteroatoms. The number of anilines is 1. The summed E-state index contributed by atoms with van der Waals surface area (Å²) in [6.07, 6.45) is 2.89. The second-order valence-corrected chi connectivity index (χ2v) is 6.64. The van der Waals surface area contributed by atoms with Crippen molar-refractivity contribution in [3.8, 4) is 11.4 Å². The molecule has 0 spiro atoms. The summed E-state index contributed by atoms with van der Waals surface area (Å²) in [6.45, 7) is 0.668. The molecule has 27 heavy (non-hydrogen) atoms. The lowest BCUT2D eigenvalue weighted by molar-refractivity contribution is 0.377. The van der Waals surface area contributed by atoms with Gasteiger partial charge in [0.25, 0.3) is 0 Å². The minimum absolute atomic E-state index is 0.298. The summed E-state index contributed by atoms with van der Waals surface area (Å²) in [5.74, 6) is 1.41. The molecule has 0 aliphatic rings. The lowest BCUT2D eigenvalue weighted by Gasteiger charge is -2.05. The predicted molar refractivity (Wildman–Crippen MR) is 101 cm³/mol. The third kappa shape index (κ3) is 3.65. The summed E-state index contributed by atoms with van der Waals surface area (Å²) in [5.41, 5.74) is 1.47. The Labute approximate surface area is 162 Å². The molecule has 0 aliphatic heterocycles. The molecular weight excluding hydrogens is 417 g/mol. The summed E-state index contributed by atoms with van der Waals surface area (Å²) in [7, 11) is 1.83. The molecule has 138 valence electrons. The highest BCUT2D eigenvalue weighted by atomic mass is 79.9. The number of halogens is 2. The molecule has 0 amide bonds. The first kappa shape index (κ1) is 17.5. The monoisotopic (exact) mass is 431 g/mol. The van der Waals surface area contributed by atoms with E-state index in [9.17, 15) is 4.39 Å². The van der Waals surface area contributed by atoms with Gasteiger partial charge in [-0.2, -0.15) is 10.1 Å². The summed E-state index contributed by atoms with van der Waals surface area (Å²) in [4.78, 5) is 12.9. The van der Waals surface area contributed by atoms with Gasteiger partial charge in [0.05, 0.1) is 5.39 Å². The van der Waals surface area contributed by atoms with Gasteiger partial charge in [-0.1, -0.05) is 5.16 Å². The number of benzene rings is 1. The van der Waals surface area contributed by atoms with Gasteiger partial charge in [-0.25, -0.2) is 19.0 Å². The van der Waals surface area contributed by atoms with E-state index >= 15 is 0 Å². The second-order valence-electron chi connectivity index (χ2n) is 5.88. The fourth-order valence-electron chi connectivity index (χ4n) is 2.69. The largest absolute Gasteiger partial charge is 0.369 e. The van der Waals surface area contributed by atoms with Crippen LogP contribution in [-0.2, 0) is 13.5 Å². The summed E-state index contributed by atoms with van der Waals surface area (Å²) < 4.78 is 20.6. The van der Waals surface area contributed by atoms with E-state index in [0.29, 0.717) is 34.8 Å². The zero-order valence-electron chi connectivity index (χ0n) is 14.4. The first-order chi connectivity index (χ1) is 13.1. The van der Waals surface area contributed by atoms with Gasteiger partial charge in [-0.3, -0.25) is 0 Å². The third-order valence-corrected chi connectivity index (χ3v) is 4.56. The molecule has 1 aromatic carbocycles. The lowest BCUT2D eigenvalue weighted by Crippen LogP contribution is -2.05. The van der Waals surface area contributed by atoms with Crippen molar-refractivity contribution in [2.24, 2.45) is 7.05 Å². The van der Waals surface area contributed by atoms with Crippen LogP contribution in [0.15, 0.2) is 39.7 Å². The van der Waals surface area contributed by atoms with Crippen molar-refractivity contribution >= 4 is 32.8 Å². The van der Waals surface area contributed by atoms with Gasteiger partial charge < -0.3 is 9.84 Å². The highest BCUT2D eigenvalue weighted by Crippen LogP contribution is 2.26. The highest BCUT2D eigenvalue weighted by Gasteiger charge is 2.13. The van der Waals surface area contributed by atoms with E-state index in [1.807, 2.05) is 7.05 Å². The number of nitrogens with zero attached hydrogens (tertiary/aromatic N) is 6. The van der Waals surface area contributed by atoms with Gasteiger partial charge in [0.1, 0.15) is 22.6 Å². The quantitative estimate of drug-likeness (QED) is 0.467. The zero-order chi connectivity index (χ0) is 18.8. The molecule has 0 radical (unpaired) electrons. The Morgan fingerprint density at radius 3 is 2.85 bits per heavy atom. The summed E-state index contributed by atoms with van der Waals surface area (Å²) in [5, 5.41) is 12.4. The number of fused-ring (bicyclic) bond motifs is 1. The first-order valence-electron chi connectivity index (χ1n) is 8.27. The first-order valence-corrected chi connectivity index (χ1v) is 9.06. The maximum atomic E-state index is 13.0. The highest BCUT2D eigenvalue weighted by molar-refractivity contribution is 9.10. The van der Waals surface area contributed by atoms with Gasteiger partial charge in [-0.05, 0) is 46.6 Å². The predicted octanol–water partition coefficient (Wildman–Crippen LogP) is 3.36. The van der Waals surface area contributed by atoms with E-state index < -0.39 is 0 Å². The molecule has 4 rings (SSSR count). The lowest BCUT2D eigenvalue weighted by atomic mass is 10.2. The van der Waals surface area contributed by atoms with E-state index in [1.54, 1.807) is 16.8 Å². The fraction of sp³-hybridized carbons (Fsp3) is 0.235. The zero-order valence-corrected chi connectivity index (χ0v) is 15.9. The van der Waals surface area contributed by atoms with E-state index in [4.69, 9.17) is 4.52 Å². The molecule has 0 saturated carbocycles. The van der Waals surface area contributed by atoms with Crippen LogP contribution in [0.3, 0.4) is 0 Å². The maximum Gasteiger partial charge on any atom is 0.227 e. The van der Waals surface area contributed by atoms with Crippen molar-refractivity contribution in [3.63, 3.8) is 0 Å². The van der Waals surface area contributed by atoms with E-state index in [1.165, 1.54) is 18.5 Å². The number of aromatic nitrogens is 6. The van der Waals surface area contributed by atoms with Gasteiger partial charge in [0.2, 0.25) is 11.7 Å². The number of hydrogen-bond donors (Lipinski definition) is 1. The van der Waals surface area contributed by atoms with Crippen LogP contribution in [0.1, 0.15) is 12.3 Å². The van der Waals surface area contributed by atoms with Crippen molar-refractivity contribution in [3.05, 3.63) is 46.9 Å². The Kier molecular flexibility index (Phi) is 4.80. The number of aryl methyl sites for hydroxylation is 2. The minimum atomic E-state index is -0.298. The molecule has 0 fully saturated rings. The van der Waals surface area contributed by atoms with Crippen LogP contribution in [-0.4, -0.2) is 36.4 Å². The van der Waals surface area contributed by atoms with Crippen LogP contribution in [0.4, 0.5) is 10.2 Å². The van der Waals surface area contributed by atoms with E-state index in [2.05, 4.69) is 46.5 Å². The second kappa shape index (κ2) is 7.39. The van der Waals surface area contributed by atoms with E-state index in [0.717, 1.165) is 23.3 Å². The maximum absolute atomic E-state index is 13.0. The normalized spacial score (nSPS) is 11.2. The average Bonchev–Trinajstić information content (AvgIpc) is 3.25. The molecule has 8 nitrogen and oxygen atoms in total. The van der Waals surface area contributed by atoms with Crippen LogP contribution >= 0.6 is 15.9 Å². The van der Waals surface area contributed by atoms with Gasteiger partial charge in [0.15, 0.2) is 5.65 Å². The molecule has 0 atom stereocenters. The van der Waals surface area contributed by atoms with Crippen LogP contribution in [0.5, 0.6) is 0 Å². The molecular formula is C17H15BrFN7O. The molecule has 0 saturated heterocycles. The van der Waals surface area contributed by atoms with Crippen molar-refractivity contribution < 1.29 is 8.91 Å². The van der Waals surface area contributed by atoms with Crippen molar-refractivity contribution in [2.45, 2.75) is 12.8 Å². The number of nitrogens with one attached hydrogen (secondary N) is 1. The molecule has 1 N–H and O–H groups in total. The van der Waals surface area contributed by atoms with Gasteiger partial charge in [0, 0.05) is 25.6 Å². The number of rotatable bonds is 6. The Hall–Kier alpha value is -2.88. The summed E-state index contributed by atoms with van der Waals surface area (Å²) >= 11 is 3.43. The molecule has 0 aliphatic carbocycles. The van der Waals surface area contributed by atoms with Crippen LogP contribution < -0.4 is 5.32 Å². The molecule has 4 aromatic rings.